The van der Waals surface area contributed by atoms with Crippen molar-refractivity contribution in [1.82, 2.24) is 5.32 Å². The predicted octanol–water partition coefficient (Wildman–Crippen LogP) is 4.58. The van der Waals surface area contributed by atoms with Gasteiger partial charge in [-0.15, -0.1) is 0 Å². The van der Waals surface area contributed by atoms with Crippen molar-refractivity contribution in [1.29, 1.82) is 0 Å². The first kappa shape index (κ1) is 14.8. The molecule has 0 aromatic heterocycles. The molecule has 1 saturated carbocycles. The highest BCUT2D eigenvalue weighted by molar-refractivity contribution is 6.30. The standard InChI is InChI=1S/C16H23ClFN/c1-3-8-16(2,11-19-13-5-6-13)10-12-4-7-15(18)14(17)9-12/h4,7,9,13,19H,3,5-6,8,10-11H2,1-2H3. The fourth-order valence-corrected chi connectivity index (χ4v) is 2.87. The highest BCUT2D eigenvalue weighted by Gasteiger charge is 2.28. The maximum atomic E-state index is 13.2. The lowest BCUT2D eigenvalue weighted by molar-refractivity contribution is 0.274. The lowest BCUT2D eigenvalue weighted by Gasteiger charge is -2.30. The van der Waals surface area contributed by atoms with E-state index in [-0.39, 0.29) is 16.3 Å². The summed E-state index contributed by atoms with van der Waals surface area (Å²) in [4.78, 5) is 0. The van der Waals surface area contributed by atoms with Crippen LogP contribution >= 0.6 is 11.6 Å². The highest BCUT2D eigenvalue weighted by Crippen LogP contribution is 2.30. The lowest BCUT2D eigenvalue weighted by atomic mass is 9.79. The molecule has 0 saturated heterocycles. The summed E-state index contributed by atoms with van der Waals surface area (Å²) >= 11 is 5.87. The summed E-state index contributed by atoms with van der Waals surface area (Å²) in [6.45, 7) is 5.55. The molecule has 1 aromatic carbocycles. The zero-order valence-electron chi connectivity index (χ0n) is 11.8. The van der Waals surface area contributed by atoms with Crippen LogP contribution in [0.4, 0.5) is 4.39 Å². The van der Waals surface area contributed by atoms with Crippen molar-refractivity contribution < 1.29 is 4.39 Å². The van der Waals surface area contributed by atoms with Crippen LogP contribution < -0.4 is 5.32 Å². The first-order valence-corrected chi connectivity index (χ1v) is 7.57. The van der Waals surface area contributed by atoms with Crippen LogP contribution in [0.15, 0.2) is 18.2 Å². The zero-order chi connectivity index (χ0) is 13.9. The minimum Gasteiger partial charge on any atom is -0.313 e. The van der Waals surface area contributed by atoms with Gasteiger partial charge in [0.1, 0.15) is 5.82 Å². The van der Waals surface area contributed by atoms with E-state index in [4.69, 9.17) is 11.6 Å². The second-order valence-corrected chi connectivity index (χ2v) is 6.55. The molecule has 1 N–H and O–H groups in total. The molecule has 106 valence electrons. The van der Waals surface area contributed by atoms with Crippen LogP contribution in [0.1, 0.15) is 45.1 Å². The molecule has 0 heterocycles. The third-order valence-electron chi connectivity index (χ3n) is 3.86. The Hall–Kier alpha value is -0.600. The van der Waals surface area contributed by atoms with Gasteiger partial charge in [-0.05, 0) is 48.8 Å². The molecule has 0 bridgehead atoms. The first-order chi connectivity index (χ1) is 9.02. The topological polar surface area (TPSA) is 12.0 Å². The van der Waals surface area contributed by atoms with Crippen LogP contribution in [0.25, 0.3) is 0 Å². The van der Waals surface area contributed by atoms with Crippen LogP contribution in [0.5, 0.6) is 0 Å². The Kier molecular flexibility index (Phi) is 4.86. The second-order valence-electron chi connectivity index (χ2n) is 6.14. The van der Waals surface area contributed by atoms with E-state index in [1.165, 1.54) is 25.3 Å². The molecule has 0 radical (unpaired) electrons. The van der Waals surface area contributed by atoms with E-state index in [1.54, 1.807) is 6.07 Å². The van der Waals surface area contributed by atoms with E-state index in [2.05, 4.69) is 19.2 Å². The summed E-state index contributed by atoms with van der Waals surface area (Å²) in [6.07, 6.45) is 5.90. The fourth-order valence-electron chi connectivity index (χ4n) is 2.66. The Balaban J connectivity index is 2.02. The van der Waals surface area contributed by atoms with E-state index in [1.807, 2.05) is 6.07 Å². The van der Waals surface area contributed by atoms with E-state index in [0.29, 0.717) is 0 Å². The van der Waals surface area contributed by atoms with Crippen LogP contribution in [-0.2, 0) is 6.42 Å². The van der Waals surface area contributed by atoms with Crippen LogP contribution in [-0.4, -0.2) is 12.6 Å². The largest absolute Gasteiger partial charge is 0.313 e. The molecule has 1 fully saturated rings. The van der Waals surface area contributed by atoms with E-state index >= 15 is 0 Å². The molecule has 3 heteroatoms. The monoisotopic (exact) mass is 283 g/mol. The molecule has 0 aliphatic heterocycles. The summed E-state index contributed by atoms with van der Waals surface area (Å²) in [5, 5.41) is 3.85. The van der Waals surface area contributed by atoms with Gasteiger partial charge in [0.2, 0.25) is 0 Å². The highest BCUT2D eigenvalue weighted by atomic mass is 35.5. The molecule has 1 atom stereocenters. The van der Waals surface area contributed by atoms with Gasteiger partial charge in [-0.25, -0.2) is 4.39 Å². The zero-order valence-corrected chi connectivity index (χ0v) is 12.6. The molecule has 1 aliphatic carbocycles. The second kappa shape index (κ2) is 6.23. The SMILES string of the molecule is CCCC(C)(CNC1CC1)Cc1ccc(F)c(Cl)c1. The summed E-state index contributed by atoms with van der Waals surface area (Å²) in [5.41, 5.74) is 1.35. The third kappa shape index (κ3) is 4.47. The molecular formula is C16H23ClFN. The van der Waals surface area contributed by atoms with Gasteiger partial charge < -0.3 is 5.32 Å². The van der Waals surface area contributed by atoms with Crippen molar-refractivity contribution in [2.45, 2.75) is 52.0 Å². The van der Waals surface area contributed by atoms with E-state index in [0.717, 1.165) is 31.0 Å². The molecular weight excluding hydrogens is 261 g/mol. The molecule has 0 spiro atoms. The van der Waals surface area contributed by atoms with Gasteiger partial charge in [0.05, 0.1) is 5.02 Å². The van der Waals surface area contributed by atoms with Gasteiger partial charge in [-0.1, -0.05) is 37.9 Å². The summed E-state index contributed by atoms with van der Waals surface area (Å²) in [7, 11) is 0. The summed E-state index contributed by atoms with van der Waals surface area (Å²) in [6, 6.07) is 5.82. The maximum absolute atomic E-state index is 13.2. The number of halogens is 2. The Morgan fingerprint density at radius 1 is 1.42 bits per heavy atom. The van der Waals surface area contributed by atoms with Gasteiger partial charge in [-0.3, -0.25) is 0 Å². The summed E-state index contributed by atoms with van der Waals surface area (Å²) in [5.74, 6) is -0.335. The van der Waals surface area contributed by atoms with Gasteiger partial charge in [0.25, 0.3) is 0 Å². The Bertz CT molecular complexity index is 431. The quantitative estimate of drug-likeness (QED) is 0.772. The van der Waals surface area contributed by atoms with Crippen molar-refractivity contribution in [3.8, 4) is 0 Å². The summed E-state index contributed by atoms with van der Waals surface area (Å²) < 4.78 is 13.2. The molecule has 1 aliphatic rings. The Labute approximate surface area is 120 Å². The molecule has 1 unspecified atom stereocenters. The number of benzene rings is 1. The maximum Gasteiger partial charge on any atom is 0.141 e. The van der Waals surface area contributed by atoms with Crippen LogP contribution in [0, 0.1) is 11.2 Å². The van der Waals surface area contributed by atoms with Gasteiger partial charge >= 0.3 is 0 Å². The number of nitrogens with one attached hydrogen (secondary N) is 1. The Morgan fingerprint density at radius 2 is 2.16 bits per heavy atom. The molecule has 1 nitrogen and oxygen atoms in total. The molecule has 0 amide bonds. The first-order valence-electron chi connectivity index (χ1n) is 7.20. The average molecular weight is 284 g/mol. The van der Waals surface area contributed by atoms with Crippen LogP contribution in [0.3, 0.4) is 0 Å². The van der Waals surface area contributed by atoms with E-state index in [9.17, 15) is 4.39 Å². The average Bonchev–Trinajstić information content (AvgIpc) is 3.16. The minimum absolute atomic E-state index is 0.221. The number of hydrogen-bond donors (Lipinski definition) is 1. The van der Waals surface area contributed by atoms with Crippen molar-refractivity contribution >= 4 is 11.6 Å². The van der Waals surface area contributed by atoms with Crippen molar-refractivity contribution in [3.63, 3.8) is 0 Å². The molecule has 1 aromatic rings. The van der Waals surface area contributed by atoms with E-state index < -0.39 is 0 Å². The molecule has 2 rings (SSSR count). The van der Waals surface area contributed by atoms with Crippen molar-refractivity contribution in [3.05, 3.63) is 34.6 Å². The smallest absolute Gasteiger partial charge is 0.141 e. The third-order valence-corrected chi connectivity index (χ3v) is 4.15. The predicted molar refractivity (Wildman–Crippen MR) is 79.2 cm³/mol. The fraction of sp³-hybridized carbons (Fsp3) is 0.625. The van der Waals surface area contributed by atoms with Gasteiger partial charge in [-0.2, -0.15) is 0 Å². The number of rotatable bonds is 7. The Morgan fingerprint density at radius 3 is 2.74 bits per heavy atom. The van der Waals surface area contributed by atoms with Crippen molar-refractivity contribution in [2.75, 3.05) is 6.54 Å². The lowest BCUT2D eigenvalue weighted by Crippen LogP contribution is -2.34. The van der Waals surface area contributed by atoms with Gasteiger partial charge in [0, 0.05) is 12.6 Å². The normalized spacial score (nSPS) is 18.3. The molecule has 19 heavy (non-hydrogen) atoms. The minimum atomic E-state index is -0.335. The van der Waals surface area contributed by atoms with Crippen molar-refractivity contribution in [2.24, 2.45) is 5.41 Å². The number of hydrogen-bond acceptors (Lipinski definition) is 1. The van der Waals surface area contributed by atoms with Crippen LogP contribution in [0.2, 0.25) is 5.02 Å². The van der Waals surface area contributed by atoms with Gasteiger partial charge in [0.15, 0.2) is 0 Å².